The van der Waals surface area contributed by atoms with Gasteiger partial charge in [0.2, 0.25) is 0 Å². The van der Waals surface area contributed by atoms with Crippen molar-refractivity contribution in [2.75, 3.05) is 9.91 Å². The summed E-state index contributed by atoms with van der Waals surface area (Å²) in [7, 11) is 0. The van der Waals surface area contributed by atoms with Gasteiger partial charge in [0.25, 0.3) is 0 Å². The lowest BCUT2D eigenvalue weighted by Crippen LogP contribution is -2.40. The number of hydrogen-bond acceptors (Lipinski definition) is 3. The molecule has 1 aliphatic heterocycles. The Kier molecular flexibility index (Phi) is 5.37. The Morgan fingerprint density at radius 1 is 1.08 bits per heavy atom. The van der Waals surface area contributed by atoms with Crippen LogP contribution in [0.3, 0.4) is 0 Å². The first-order valence-electron chi connectivity index (χ1n) is 8.91. The van der Waals surface area contributed by atoms with E-state index in [2.05, 4.69) is 91.0 Å². The highest BCUT2D eigenvalue weighted by Crippen LogP contribution is 2.33. The molecular weight excluding hydrogens is 318 g/mol. The Balaban J connectivity index is 2.11. The van der Waals surface area contributed by atoms with Gasteiger partial charge in [-0.25, -0.2) is 5.01 Å². The zero-order chi connectivity index (χ0) is 18.5. The molecule has 1 unspecified atom stereocenters. The Labute approximate surface area is 156 Å². The Morgan fingerprint density at radius 3 is 2.42 bits per heavy atom. The summed E-state index contributed by atoms with van der Waals surface area (Å²) >= 11 is 0. The first-order chi connectivity index (χ1) is 12.7. The second-order valence-electron chi connectivity index (χ2n) is 6.23. The first kappa shape index (κ1) is 17.7. The van der Waals surface area contributed by atoms with Gasteiger partial charge in [0, 0.05) is 11.3 Å². The van der Waals surface area contributed by atoms with E-state index in [0.29, 0.717) is 0 Å². The van der Waals surface area contributed by atoms with E-state index in [1.165, 1.54) is 5.56 Å². The Morgan fingerprint density at radius 2 is 1.77 bits per heavy atom. The molecule has 0 bridgehead atoms. The Hall–Kier alpha value is -3.07. The minimum absolute atomic E-state index is 0.0700. The van der Waals surface area contributed by atoms with Crippen LogP contribution >= 0.6 is 0 Å². The fraction of sp³-hybridized carbons (Fsp3) is 0.174. The summed E-state index contributed by atoms with van der Waals surface area (Å²) in [5.41, 5.74) is 4.53. The van der Waals surface area contributed by atoms with Crippen molar-refractivity contribution in [3.8, 4) is 0 Å². The minimum Gasteiger partial charge on any atom is -0.302 e. The summed E-state index contributed by atoms with van der Waals surface area (Å²) in [5.74, 6) is 0.938. The van der Waals surface area contributed by atoms with E-state index in [4.69, 9.17) is 5.10 Å². The maximum Gasteiger partial charge on any atom is 0.162 e. The van der Waals surface area contributed by atoms with Crippen LogP contribution in [0.4, 0.5) is 11.4 Å². The zero-order valence-corrected chi connectivity index (χ0v) is 15.6. The van der Waals surface area contributed by atoms with Gasteiger partial charge in [-0.15, -0.1) is 0 Å². The van der Waals surface area contributed by atoms with Crippen molar-refractivity contribution in [3.05, 3.63) is 96.6 Å². The average molecular weight is 343 g/mol. The van der Waals surface area contributed by atoms with E-state index in [0.717, 1.165) is 22.8 Å². The smallest absolute Gasteiger partial charge is 0.162 e. The van der Waals surface area contributed by atoms with E-state index in [9.17, 15) is 0 Å². The molecule has 1 atom stereocenters. The highest BCUT2D eigenvalue weighted by molar-refractivity contribution is 6.13. The molecule has 3 rings (SSSR count). The van der Waals surface area contributed by atoms with Gasteiger partial charge in [0.05, 0.1) is 5.69 Å². The lowest BCUT2D eigenvalue weighted by molar-refractivity contribution is 0.716. The van der Waals surface area contributed by atoms with Crippen LogP contribution in [-0.4, -0.2) is 12.0 Å². The molecule has 0 N–H and O–H groups in total. The van der Waals surface area contributed by atoms with Crippen molar-refractivity contribution in [3.63, 3.8) is 0 Å². The molecule has 26 heavy (non-hydrogen) atoms. The van der Waals surface area contributed by atoms with Gasteiger partial charge in [-0.05, 0) is 44.5 Å². The predicted octanol–water partition coefficient (Wildman–Crippen LogP) is 5.67. The van der Waals surface area contributed by atoms with Crippen LogP contribution in [-0.2, 0) is 0 Å². The normalized spacial score (nSPS) is 17.7. The fourth-order valence-corrected chi connectivity index (χ4v) is 3.19. The maximum atomic E-state index is 5.00. The first-order valence-corrected chi connectivity index (χ1v) is 8.91. The topological polar surface area (TPSA) is 18.8 Å². The molecule has 0 saturated heterocycles. The van der Waals surface area contributed by atoms with Crippen molar-refractivity contribution in [2.24, 2.45) is 5.10 Å². The minimum atomic E-state index is 0.0700. The predicted molar refractivity (Wildman–Crippen MR) is 113 cm³/mol. The molecule has 2 aromatic carbocycles. The van der Waals surface area contributed by atoms with Gasteiger partial charge in [0.1, 0.15) is 6.17 Å². The molecule has 132 valence electrons. The van der Waals surface area contributed by atoms with Gasteiger partial charge in [0.15, 0.2) is 5.84 Å². The van der Waals surface area contributed by atoms with Crippen LogP contribution in [0.5, 0.6) is 0 Å². The molecule has 0 amide bonds. The lowest BCUT2D eigenvalue weighted by Gasteiger charge is -2.30. The van der Waals surface area contributed by atoms with E-state index in [-0.39, 0.29) is 6.17 Å². The monoisotopic (exact) mass is 343 g/mol. The summed E-state index contributed by atoms with van der Waals surface area (Å²) in [6.07, 6.45) is 7.94. The molecule has 0 aliphatic carbocycles. The van der Waals surface area contributed by atoms with Crippen LogP contribution in [0.25, 0.3) is 0 Å². The van der Waals surface area contributed by atoms with Gasteiger partial charge >= 0.3 is 0 Å². The molecule has 1 aliphatic rings. The molecule has 0 fully saturated rings. The van der Waals surface area contributed by atoms with Gasteiger partial charge in [-0.2, -0.15) is 5.10 Å². The van der Waals surface area contributed by atoms with E-state index < -0.39 is 0 Å². The largest absolute Gasteiger partial charge is 0.302 e. The van der Waals surface area contributed by atoms with E-state index in [1.54, 1.807) is 6.08 Å². The quantitative estimate of drug-likeness (QED) is 0.651. The zero-order valence-electron chi connectivity index (χ0n) is 15.6. The molecule has 0 aromatic heterocycles. The Bertz CT molecular complexity index is 862. The number of hydrogen-bond donors (Lipinski definition) is 0. The summed E-state index contributed by atoms with van der Waals surface area (Å²) < 4.78 is 0. The number of rotatable bonds is 5. The molecule has 2 aromatic rings. The van der Waals surface area contributed by atoms with Gasteiger partial charge in [-0.3, -0.25) is 0 Å². The number of nitrogens with zero attached hydrogens (tertiary/aromatic N) is 3. The van der Waals surface area contributed by atoms with E-state index >= 15 is 0 Å². The van der Waals surface area contributed by atoms with Crippen LogP contribution in [0.15, 0.2) is 96.2 Å². The van der Waals surface area contributed by atoms with Crippen LogP contribution in [0, 0.1) is 6.92 Å². The average Bonchev–Trinajstić information content (AvgIpc) is 3.00. The van der Waals surface area contributed by atoms with Gasteiger partial charge < -0.3 is 4.90 Å². The molecule has 0 radical (unpaired) electrons. The standard InChI is InChI=1S/C23H25N3/c1-5-7-14-20(6-2)23-24-26(22-17-12-11-13-18(22)3)19(4)25(23)21-15-9-8-10-16-21/h5-17,19H,1H2,2-4H3/b14-7-,20-6+. The van der Waals surface area contributed by atoms with Crippen LogP contribution in [0.2, 0.25) is 0 Å². The SMILES string of the molecule is C=C/C=C\C(=C/C)C1=NN(c2ccccc2C)C(C)N1c1ccccc1. The second kappa shape index (κ2) is 7.87. The number of hydrazone groups is 1. The number of benzene rings is 2. The molecule has 3 nitrogen and oxygen atoms in total. The lowest BCUT2D eigenvalue weighted by atomic mass is 10.1. The molecule has 1 heterocycles. The summed E-state index contributed by atoms with van der Waals surface area (Å²) in [5, 5.41) is 7.10. The van der Waals surface area contributed by atoms with Crippen LogP contribution < -0.4 is 9.91 Å². The number of aryl methyl sites for hydroxylation is 1. The number of amidine groups is 1. The van der Waals surface area contributed by atoms with Gasteiger partial charge in [-0.1, -0.05) is 67.3 Å². The highest BCUT2D eigenvalue weighted by Gasteiger charge is 2.34. The number of anilines is 2. The van der Waals surface area contributed by atoms with Crippen LogP contribution in [0.1, 0.15) is 19.4 Å². The highest BCUT2D eigenvalue weighted by atomic mass is 15.6. The van der Waals surface area contributed by atoms with Crippen molar-refractivity contribution >= 4 is 17.2 Å². The summed E-state index contributed by atoms with van der Waals surface area (Å²) in [6, 6.07) is 18.8. The third-order valence-corrected chi connectivity index (χ3v) is 4.54. The van der Waals surface area contributed by atoms with E-state index in [1.807, 2.05) is 19.1 Å². The third-order valence-electron chi connectivity index (χ3n) is 4.54. The molecular formula is C23H25N3. The molecule has 0 spiro atoms. The fourth-order valence-electron chi connectivity index (χ4n) is 3.19. The summed E-state index contributed by atoms with van der Waals surface area (Å²) in [4.78, 5) is 2.27. The van der Waals surface area contributed by atoms with Crippen molar-refractivity contribution in [1.82, 2.24) is 0 Å². The number of para-hydroxylation sites is 2. The second-order valence-corrected chi connectivity index (χ2v) is 6.23. The van der Waals surface area contributed by atoms with Crippen molar-refractivity contribution < 1.29 is 0 Å². The van der Waals surface area contributed by atoms with Crippen molar-refractivity contribution in [2.45, 2.75) is 26.9 Å². The number of allylic oxidation sites excluding steroid dienone is 3. The maximum absolute atomic E-state index is 5.00. The molecule has 0 saturated carbocycles. The third kappa shape index (κ3) is 3.33. The summed E-state index contributed by atoms with van der Waals surface area (Å²) in [6.45, 7) is 10.1. The molecule has 3 heteroatoms. The van der Waals surface area contributed by atoms with Crippen molar-refractivity contribution in [1.29, 1.82) is 0 Å².